The van der Waals surface area contributed by atoms with Crippen LogP contribution >= 0.6 is 0 Å². The number of ether oxygens (including phenoxy) is 1. The molecule has 4 rings (SSSR count). The van der Waals surface area contributed by atoms with E-state index in [0.29, 0.717) is 0 Å². The highest BCUT2D eigenvalue weighted by molar-refractivity contribution is 6.11. The van der Waals surface area contributed by atoms with E-state index in [0.717, 1.165) is 39.6 Å². The number of benzene rings is 3. The molecule has 0 aromatic heterocycles. The van der Waals surface area contributed by atoms with E-state index in [4.69, 9.17) is 4.74 Å². The quantitative estimate of drug-likeness (QED) is 0.673. The van der Waals surface area contributed by atoms with E-state index in [1.54, 1.807) is 7.11 Å². The highest BCUT2D eigenvalue weighted by atomic mass is 16.5. The van der Waals surface area contributed by atoms with Gasteiger partial charge in [-0.1, -0.05) is 55.5 Å². The van der Waals surface area contributed by atoms with Crippen molar-refractivity contribution in [3.05, 3.63) is 65.7 Å². The Morgan fingerprint density at radius 2 is 1.70 bits per heavy atom. The van der Waals surface area contributed by atoms with E-state index in [9.17, 15) is 4.79 Å². The van der Waals surface area contributed by atoms with Crippen molar-refractivity contribution in [1.82, 2.24) is 0 Å². The van der Waals surface area contributed by atoms with Crippen LogP contribution in [0, 0.1) is 5.92 Å². The normalized spacial score (nSPS) is 16.6. The monoisotopic (exact) mass is 302 g/mol. The summed E-state index contributed by atoms with van der Waals surface area (Å²) in [5, 5.41) is 2.19. The number of carbonyl (C=O) groups is 1. The summed E-state index contributed by atoms with van der Waals surface area (Å²) in [6, 6.07) is 18.4. The number of hydrogen-bond acceptors (Lipinski definition) is 2. The van der Waals surface area contributed by atoms with Crippen LogP contribution < -0.4 is 4.74 Å². The lowest BCUT2D eigenvalue weighted by Crippen LogP contribution is -2.04. The fourth-order valence-electron chi connectivity index (χ4n) is 3.64. The predicted octanol–water partition coefficient (Wildman–Crippen LogP) is 4.89. The van der Waals surface area contributed by atoms with Gasteiger partial charge in [0, 0.05) is 16.9 Å². The van der Waals surface area contributed by atoms with Gasteiger partial charge in [-0.05, 0) is 34.6 Å². The molecule has 0 radical (unpaired) electrons. The Labute approximate surface area is 135 Å². The number of carbonyl (C=O) groups excluding carboxylic acids is 1. The topological polar surface area (TPSA) is 26.3 Å². The van der Waals surface area contributed by atoms with Crippen molar-refractivity contribution in [1.29, 1.82) is 0 Å². The van der Waals surface area contributed by atoms with Crippen LogP contribution in [0.2, 0.25) is 0 Å². The Bertz CT molecular complexity index is 924. The third-order valence-corrected chi connectivity index (χ3v) is 4.76. The minimum absolute atomic E-state index is 0.0793. The molecule has 0 amide bonds. The van der Waals surface area contributed by atoms with Gasteiger partial charge in [0.1, 0.15) is 5.75 Å². The lowest BCUT2D eigenvalue weighted by Gasteiger charge is -2.13. The predicted molar refractivity (Wildman–Crippen MR) is 93.1 cm³/mol. The highest BCUT2D eigenvalue weighted by Crippen LogP contribution is 2.39. The molecule has 1 aliphatic carbocycles. The number of Topliss-reactive ketones (excluding diaryl/α,β-unsaturated/α-hetero) is 1. The van der Waals surface area contributed by atoms with Crippen LogP contribution in [0.3, 0.4) is 0 Å². The highest BCUT2D eigenvalue weighted by Gasteiger charge is 2.29. The smallest absolute Gasteiger partial charge is 0.166 e. The van der Waals surface area contributed by atoms with Gasteiger partial charge in [-0.3, -0.25) is 4.79 Å². The Morgan fingerprint density at radius 1 is 0.913 bits per heavy atom. The van der Waals surface area contributed by atoms with Crippen LogP contribution in [0.4, 0.5) is 0 Å². The molecule has 1 aliphatic rings. The largest absolute Gasteiger partial charge is 0.496 e. The number of fused-ring (bicyclic) bond motifs is 2. The first-order valence-corrected chi connectivity index (χ1v) is 7.93. The first-order valence-electron chi connectivity index (χ1n) is 7.93. The van der Waals surface area contributed by atoms with Crippen LogP contribution in [0.1, 0.15) is 22.8 Å². The third kappa shape index (κ3) is 2.06. The Morgan fingerprint density at radius 3 is 2.48 bits per heavy atom. The summed E-state index contributed by atoms with van der Waals surface area (Å²) in [6.07, 6.45) is 0.843. The molecule has 0 saturated heterocycles. The summed E-state index contributed by atoms with van der Waals surface area (Å²) in [6.45, 7) is 2.01. The van der Waals surface area contributed by atoms with E-state index >= 15 is 0 Å². The molecule has 3 aromatic rings. The second-order valence-corrected chi connectivity index (χ2v) is 6.17. The molecule has 0 saturated carbocycles. The van der Waals surface area contributed by atoms with E-state index in [2.05, 4.69) is 36.4 Å². The molecule has 3 aromatic carbocycles. The average molecular weight is 302 g/mol. The number of methoxy groups -OCH3 is 1. The first kappa shape index (κ1) is 14.0. The molecule has 1 unspecified atom stereocenters. The fraction of sp³-hybridized carbons (Fsp3) is 0.190. The Hall–Kier alpha value is -2.61. The van der Waals surface area contributed by atoms with Gasteiger partial charge in [0.05, 0.1) is 7.11 Å². The van der Waals surface area contributed by atoms with Crippen molar-refractivity contribution in [2.24, 2.45) is 5.92 Å². The van der Waals surface area contributed by atoms with Gasteiger partial charge in [0.15, 0.2) is 5.78 Å². The van der Waals surface area contributed by atoms with Gasteiger partial charge in [-0.15, -0.1) is 0 Å². The van der Waals surface area contributed by atoms with Gasteiger partial charge in [-0.25, -0.2) is 0 Å². The van der Waals surface area contributed by atoms with Gasteiger partial charge in [0.2, 0.25) is 0 Å². The van der Waals surface area contributed by atoms with Crippen molar-refractivity contribution in [2.45, 2.75) is 13.3 Å². The molecule has 0 N–H and O–H groups in total. The molecular weight excluding hydrogens is 284 g/mol. The van der Waals surface area contributed by atoms with Gasteiger partial charge >= 0.3 is 0 Å². The van der Waals surface area contributed by atoms with Crippen LogP contribution in [0.25, 0.3) is 21.9 Å². The van der Waals surface area contributed by atoms with E-state index < -0.39 is 0 Å². The summed E-state index contributed by atoms with van der Waals surface area (Å²) in [4.78, 5) is 12.6. The van der Waals surface area contributed by atoms with Crippen LogP contribution in [-0.4, -0.2) is 12.9 Å². The molecule has 0 bridgehead atoms. The minimum atomic E-state index is 0.0793. The molecule has 2 heteroatoms. The van der Waals surface area contributed by atoms with Crippen molar-refractivity contribution in [2.75, 3.05) is 7.11 Å². The SMILES string of the molecule is COc1ccc(-c2cccc3c2C(=O)C(C)C3)c2ccccc12. The second kappa shape index (κ2) is 5.24. The number of hydrogen-bond donors (Lipinski definition) is 0. The molecule has 0 spiro atoms. The van der Waals surface area contributed by atoms with Crippen molar-refractivity contribution in [3.8, 4) is 16.9 Å². The minimum Gasteiger partial charge on any atom is -0.496 e. The first-order chi connectivity index (χ1) is 11.2. The summed E-state index contributed by atoms with van der Waals surface area (Å²) in [5.74, 6) is 1.20. The maximum absolute atomic E-state index is 12.6. The molecule has 23 heavy (non-hydrogen) atoms. The fourth-order valence-corrected chi connectivity index (χ4v) is 3.64. The Kier molecular flexibility index (Phi) is 3.19. The Balaban J connectivity index is 2.03. The van der Waals surface area contributed by atoms with Crippen LogP contribution in [0.5, 0.6) is 5.75 Å². The molecule has 0 heterocycles. The molecule has 0 fully saturated rings. The molecule has 114 valence electrons. The summed E-state index contributed by atoms with van der Waals surface area (Å²) in [7, 11) is 1.69. The summed E-state index contributed by atoms with van der Waals surface area (Å²) in [5.41, 5.74) is 4.20. The van der Waals surface area contributed by atoms with Crippen LogP contribution in [0.15, 0.2) is 54.6 Å². The van der Waals surface area contributed by atoms with E-state index in [1.807, 2.05) is 25.1 Å². The average Bonchev–Trinajstić information content (AvgIpc) is 2.88. The lowest BCUT2D eigenvalue weighted by molar-refractivity contribution is 0.0947. The van der Waals surface area contributed by atoms with E-state index in [-0.39, 0.29) is 11.7 Å². The second-order valence-electron chi connectivity index (χ2n) is 6.17. The summed E-state index contributed by atoms with van der Waals surface area (Å²) < 4.78 is 5.48. The zero-order valence-corrected chi connectivity index (χ0v) is 13.3. The van der Waals surface area contributed by atoms with Crippen molar-refractivity contribution in [3.63, 3.8) is 0 Å². The maximum Gasteiger partial charge on any atom is 0.166 e. The van der Waals surface area contributed by atoms with Crippen molar-refractivity contribution >= 4 is 16.6 Å². The molecule has 2 nitrogen and oxygen atoms in total. The van der Waals surface area contributed by atoms with E-state index in [1.165, 1.54) is 5.56 Å². The number of ketones is 1. The van der Waals surface area contributed by atoms with Crippen LogP contribution in [-0.2, 0) is 6.42 Å². The lowest BCUT2D eigenvalue weighted by atomic mass is 9.92. The van der Waals surface area contributed by atoms with Gasteiger partial charge < -0.3 is 4.74 Å². The molecular formula is C21H18O2. The third-order valence-electron chi connectivity index (χ3n) is 4.76. The van der Waals surface area contributed by atoms with Gasteiger partial charge in [0.25, 0.3) is 0 Å². The zero-order chi connectivity index (χ0) is 16.0. The summed E-state index contributed by atoms with van der Waals surface area (Å²) >= 11 is 0. The van der Waals surface area contributed by atoms with Crippen molar-refractivity contribution < 1.29 is 9.53 Å². The zero-order valence-electron chi connectivity index (χ0n) is 13.3. The maximum atomic E-state index is 12.6. The molecule has 0 aliphatic heterocycles. The van der Waals surface area contributed by atoms with Gasteiger partial charge in [-0.2, -0.15) is 0 Å². The number of rotatable bonds is 2. The standard InChI is InChI=1S/C21H18O2/c1-13-12-14-6-5-9-18(20(14)21(13)22)16-10-11-19(23-2)17-8-4-3-7-15(16)17/h3-11,13H,12H2,1-2H3. The molecule has 1 atom stereocenters.